The predicted molar refractivity (Wildman–Crippen MR) is 114 cm³/mol. The molecule has 1 aliphatic rings. The lowest BCUT2D eigenvalue weighted by Crippen LogP contribution is -2.30. The van der Waals surface area contributed by atoms with Crippen LogP contribution in [0.25, 0.3) is 10.2 Å². The third-order valence-corrected chi connectivity index (χ3v) is 7.67. The molecule has 3 aromatic rings. The van der Waals surface area contributed by atoms with E-state index in [4.69, 9.17) is 11.6 Å². The van der Waals surface area contributed by atoms with Crippen molar-refractivity contribution in [3.05, 3.63) is 52.5 Å². The number of sulfonamides is 1. The van der Waals surface area contributed by atoms with Crippen LogP contribution < -0.4 is 9.62 Å². The molecule has 10 heteroatoms. The van der Waals surface area contributed by atoms with Gasteiger partial charge in [0.2, 0.25) is 15.9 Å². The molecule has 29 heavy (non-hydrogen) atoms. The van der Waals surface area contributed by atoms with Gasteiger partial charge in [0, 0.05) is 0 Å². The van der Waals surface area contributed by atoms with Gasteiger partial charge in [-0.3, -0.25) is 14.9 Å². The topological polar surface area (TPSA) is 96.4 Å². The van der Waals surface area contributed by atoms with E-state index in [1.807, 2.05) is 25.1 Å². The van der Waals surface area contributed by atoms with Crippen molar-refractivity contribution >= 4 is 65.8 Å². The average Bonchev–Trinajstić information content (AvgIpc) is 3.10. The molecule has 1 unspecified atom stereocenters. The Morgan fingerprint density at radius 2 is 2.03 bits per heavy atom. The molecule has 0 radical (unpaired) electrons. The Bertz CT molecular complexity index is 1270. The number of halogens is 1. The van der Waals surface area contributed by atoms with Gasteiger partial charge in [0.1, 0.15) is 0 Å². The van der Waals surface area contributed by atoms with E-state index in [1.165, 1.54) is 29.5 Å². The molecule has 2 heterocycles. The number of nitrogens with zero attached hydrogens (tertiary/aromatic N) is 2. The van der Waals surface area contributed by atoms with Crippen LogP contribution in [0.1, 0.15) is 22.8 Å². The van der Waals surface area contributed by atoms with E-state index in [0.29, 0.717) is 5.13 Å². The highest BCUT2D eigenvalue weighted by molar-refractivity contribution is 7.94. The standard InChI is InChI=1S/C19H16ClN3O4S2/c1-10-3-6-15-16(7-10)28-19(21-15)22-17(24)13-5-4-12(8-14(13)20)23-18(25)11(2)9-29(23,26)27/h3-8,11H,9H2,1-2H3,(H,21,22,24). The van der Waals surface area contributed by atoms with E-state index in [-0.39, 0.29) is 22.0 Å². The summed E-state index contributed by atoms with van der Waals surface area (Å²) in [6.07, 6.45) is 0. The maximum atomic E-state index is 12.6. The molecule has 1 saturated heterocycles. The van der Waals surface area contributed by atoms with Crippen molar-refractivity contribution in [3.8, 4) is 0 Å². The van der Waals surface area contributed by atoms with Crippen LogP contribution in [0, 0.1) is 12.8 Å². The van der Waals surface area contributed by atoms with Crippen LogP contribution in [-0.4, -0.2) is 31.0 Å². The summed E-state index contributed by atoms with van der Waals surface area (Å²) < 4.78 is 26.2. The summed E-state index contributed by atoms with van der Waals surface area (Å²) in [4.78, 5) is 29.2. The van der Waals surface area contributed by atoms with Gasteiger partial charge < -0.3 is 0 Å². The number of rotatable bonds is 3. The van der Waals surface area contributed by atoms with Gasteiger partial charge in [-0.15, -0.1) is 0 Å². The number of carbonyl (C=O) groups is 2. The van der Waals surface area contributed by atoms with Gasteiger partial charge in [-0.1, -0.05) is 35.9 Å². The van der Waals surface area contributed by atoms with E-state index in [0.717, 1.165) is 20.1 Å². The van der Waals surface area contributed by atoms with Crippen molar-refractivity contribution in [1.82, 2.24) is 4.98 Å². The highest BCUT2D eigenvalue weighted by Crippen LogP contribution is 2.32. The summed E-state index contributed by atoms with van der Waals surface area (Å²) in [5.41, 5.74) is 2.15. The number of hydrogen-bond donors (Lipinski definition) is 1. The molecule has 0 bridgehead atoms. The maximum absolute atomic E-state index is 12.6. The summed E-state index contributed by atoms with van der Waals surface area (Å²) >= 11 is 7.58. The number of aromatic nitrogens is 1. The van der Waals surface area contributed by atoms with Crippen molar-refractivity contribution in [3.63, 3.8) is 0 Å². The minimum absolute atomic E-state index is 0.0412. The van der Waals surface area contributed by atoms with Crippen molar-refractivity contribution in [2.75, 3.05) is 15.4 Å². The third kappa shape index (κ3) is 3.61. The molecule has 4 rings (SSSR count). The van der Waals surface area contributed by atoms with Crippen LogP contribution in [0.2, 0.25) is 5.02 Å². The molecule has 1 atom stereocenters. The number of thiazole rings is 1. The van der Waals surface area contributed by atoms with Gasteiger partial charge >= 0.3 is 0 Å². The minimum Gasteiger partial charge on any atom is -0.298 e. The number of anilines is 2. The van der Waals surface area contributed by atoms with Gasteiger partial charge in [0.05, 0.1) is 38.2 Å². The lowest BCUT2D eigenvalue weighted by atomic mass is 10.1. The first-order valence-electron chi connectivity index (χ1n) is 8.70. The lowest BCUT2D eigenvalue weighted by Gasteiger charge is -2.16. The van der Waals surface area contributed by atoms with E-state index >= 15 is 0 Å². The van der Waals surface area contributed by atoms with Crippen LogP contribution in [0.4, 0.5) is 10.8 Å². The van der Waals surface area contributed by atoms with Gasteiger partial charge in [-0.05, 0) is 42.8 Å². The Morgan fingerprint density at radius 1 is 1.28 bits per heavy atom. The molecule has 0 aliphatic carbocycles. The number of fused-ring (bicyclic) bond motifs is 1. The normalized spacial score (nSPS) is 18.4. The average molecular weight is 450 g/mol. The zero-order valence-corrected chi connectivity index (χ0v) is 17.9. The molecule has 2 amide bonds. The van der Waals surface area contributed by atoms with Crippen LogP contribution in [0.5, 0.6) is 0 Å². The fourth-order valence-corrected chi connectivity index (χ4v) is 6.18. The second-order valence-electron chi connectivity index (χ2n) is 6.89. The summed E-state index contributed by atoms with van der Waals surface area (Å²) in [6, 6.07) is 9.92. The first kappa shape index (κ1) is 19.8. The summed E-state index contributed by atoms with van der Waals surface area (Å²) in [5, 5.41) is 3.19. The number of amides is 2. The Balaban J connectivity index is 1.60. The summed E-state index contributed by atoms with van der Waals surface area (Å²) in [6.45, 7) is 3.54. The molecule has 1 fully saturated rings. The van der Waals surface area contributed by atoms with Gasteiger partial charge in [0.15, 0.2) is 5.13 Å². The number of hydrogen-bond acceptors (Lipinski definition) is 6. The minimum atomic E-state index is -3.74. The number of carbonyl (C=O) groups excluding carboxylic acids is 2. The van der Waals surface area contributed by atoms with Crippen molar-refractivity contribution < 1.29 is 18.0 Å². The second kappa shape index (κ2) is 7.08. The maximum Gasteiger partial charge on any atom is 0.258 e. The molecule has 0 saturated carbocycles. The molecule has 7 nitrogen and oxygen atoms in total. The number of aryl methyl sites for hydroxylation is 1. The SMILES string of the molecule is Cc1ccc2nc(NC(=O)c3ccc(N4C(=O)C(C)CS4(=O)=O)cc3Cl)sc2c1. The van der Waals surface area contributed by atoms with Crippen molar-refractivity contribution in [2.24, 2.45) is 5.92 Å². The predicted octanol–water partition coefficient (Wildman–Crippen LogP) is 3.82. The fourth-order valence-electron chi connectivity index (χ4n) is 3.15. The van der Waals surface area contributed by atoms with Crippen LogP contribution in [0.3, 0.4) is 0 Å². The Kier molecular flexibility index (Phi) is 4.84. The van der Waals surface area contributed by atoms with Crippen LogP contribution in [0.15, 0.2) is 36.4 Å². The summed E-state index contributed by atoms with van der Waals surface area (Å²) in [7, 11) is -3.74. The van der Waals surface area contributed by atoms with E-state index in [9.17, 15) is 18.0 Å². The Morgan fingerprint density at radius 3 is 2.69 bits per heavy atom. The Labute approximate surface area is 176 Å². The molecular formula is C19H16ClN3O4S2. The number of nitrogens with one attached hydrogen (secondary N) is 1. The van der Waals surface area contributed by atoms with Gasteiger partial charge in [-0.2, -0.15) is 0 Å². The zero-order chi connectivity index (χ0) is 20.9. The van der Waals surface area contributed by atoms with Crippen molar-refractivity contribution in [2.45, 2.75) is 13.8 Å². The molecule has 150 valence electrons. The third-order valence-electron chi connectivity index (χ3n) is 4.56. The highest BCUT2D eigenvalue weighted by atomic mass is 35.5. The van der Waals surface area contributed by atoms with Crippen LogP contribution in [-0.2, 0) is 14.8 Å². The molecule has 0 spiro atoms. The zero-order valence-electron chi connectivity index (χ0n) is 15.5. The second-order valence-corrected chi connectivity index (χ2v) is 10.2. The van der Waals surface area contributed by atoms with E-state index < -0.39 is 27.8 Å². The fraction of sp³-hybridized carbons (Fsp3) is 0.211. The van der Waals surface area contributed by atoms with E-state index in [2.05, 4.69) is 10.3 Å². The first-order valence-corrected chi connectivity index (χ1v) is 11.5. The smallest absolute Gasteiger partial charge is 0.258 e. The molecule has 1 N–H and O–H groups in total. The molecular weight excluding hydrogens is 434 g/mol. The first-order chi connectivity index (χ1) is 13.7. The molecule has 2 aromatic carbocycles. The van der Waals surface area contributed by atoms with Gasteiger partial charge in [0.25, 0.3) is 5.91 Å². The quantitative estimate of drug-likeness (QED) is 0.655. The molecule has 1 aliphatic heterocycles. The number of benzene rings is 2. The largest absolute Gasteiger partial charge is 0.298 e. The Hall–Kier alpha value is -2.49. The molecule has 1 aromatic heterocycles. The van der Waals surface area contributed by atoms with Crippen molar-refractivity contribution in [1.29, 1.82) is 0 Å². The van der Waals surface area contributed by atoms with Gasteiger partial charge in [-0.25, -0.2) is 17.7 Å². The monoisotopic (exact) mass is 449 g/mol. The van der Waals surface area contributed by atoms with Crippen LogP contribution >= 0.6 is 22.9 Å². The van der Waals surface area contributed by atoms with E-state index in [1.54, 1.807) is 6.92 Å². The summed E-state index contributed by atoms with van der Waals surface area (Å²) in [5.74, 6) is -1.85. The lowest BCUT2D eigenvalue weighted by molar-refractivity contribution is -0.119. The highest BCUT2D eigenvalue weighted by Gasteiger charge is 2.42.